The van der Waals surface area contributed by atoms with Crippen LogP contribution in [-0.4, -0.2) is 51.4 Å². The highest BCUT2D eigenvalue weighted by Crippen LogP contribution is 2.31. The molecule has 114 valence electrons. The molecule has 0 N–H and O–H groups in total. The van der Waals surface area contributed by atoms with Crippen molar-refractivity contribution in [2.45, 2.75) is 44.7 Å². The number of amides is 1. The molecule has 0 spiro atoms. The molecule has 0 unspecified atom stereocenters. The van der Waals surface area contributed by atoms with Gasteiger partial charge in [0.1, 0.15) is 0 Å². The molecule has 1 saturated heterocycles. The van der Waals surface area contributed by atoms with Crippen molar-refractivity contribution in [3.63, 3.8) is 0 Å². The third kappa shape index (κ3) is 2.48. The zero-order chi connectivity index (χ0) is 14.2. The molecule has 1 saturated carbocycles. The van der Waals surface area contributed by atoms with Crippen LogP contribution in [0, 0.1) is 5.92 Å². The van der Waals surface area contributed by atoms with Crippen LogP contribution in [-0.2, 0) is 11.3 Å². The Balaban J connectivity index is 1.50. The van der Waals surface area contributed by atoms with Crippen molar-refractivity contribution in [1.29, 1.82) is 0 Å². The van der Waals surface area contributed by atoms with Crippen molar-refractivity contribution < 1.29 is 4.79 Å². The van der Waals surface area contributed by atoms with Crippen LogP contribution in [0.3, 0.4) is 0 Å². The minimum absolute atomic E-state index is 0.298. The van der Waals surface area contributed by atoms with Crippen molar-refractivity contribution in [2.24, 2.45) is 5.92 Å². The number of carbonyl (C=O) groups is 1. The largest absolute Gasteiger partial charge is 0.334 e. The van der Waals surface area contributed by atoms with Crippen LogP contribution in [0.1, 0.15) is 43.8 Å². The Labute approximate surface area is 125 Å². The lowest BCUT2D eigenvalue weighted by Gasteiger charge is -2.39. The number of nitrogens with zero attached hydrogens (tertiary/aromatic N) is 4. The monoisotopic (exact) mass is 288 g/mol. The van der Waals surface area contributed by atoms with Gasteiger partial charge in [-0.25, -0.2) is 4.98 Å². The summed E-state index contributed by atoms with van der Waals surface area (Å²) >= 11 is 0. The Hall–Kier alpha value is -1.36. The molecule has 3 aliphatic rings. The molecular formula is C16H24N4O. The van der Waals surface area contributed by atoms with Crippen LogP contribution in [0.5, 0.6) is 0 Å². The Morgan fingerprint density at radius 1 is 1.24 bits per heavy atom. The predicted molar refractivity (Wildman–Crippen MR) is 79.7 cm³/mol. The summed E-state index contributed by atoms with van der Waals surface area (Å²) in [6.07, 6.45) is 9.90. The second-order valence-electron chi connectivity index (χ2n) is 6.80. The van der Waals surface area contributed by atoms with Gasteiger partial charge in [-0.3, -0.25) is 4.79 Å². The normalized spacial score (nSPS) is 26.7. The van der Waals surface area contributed by atoms with E-state index in [-0.39, 0.29) is 0 Å². The highest BCUT2D eigenvalue weighted by molar-refractivity contribution is 5.79. The predicted octanol–water partition coefficient (Wildman–Crippen LogP) is 1.66. The summed E-state index contributed by atoms with van der Waals surface area (Å²) in [6, 6.07) is 0.373. The molecule has 1 atom stereocenters. The topological polar surface area (TPSA) is 41.4 Å². The van der Waals surface area contributed by atoms with Crippen LogP contribution >= 0.6 is 0 Å². The fourth-order valence-electron chi connectivity index (χ4n) is 3.88. The standard InChI is InChI=1S/C16H24N4O/c21-16(13-4-3-5-13)19-10-14-8-17-12-20(14)15(11-19)9-18-6-1-2-7-18/h8,12-13,15H,1-7,9-11H2/t15-/m0/s1. The molecule has 1 amide bonds. The molecule has 1 aromatic rings. The number of imidazole rings is 1. The molecule has 2 fully saturated rings. The first-order valence-electron chi connectivity index (χ1n) is 8.33. The van der Waals surface area contributed by atoms with Gasteiger partial charge in [-0.1, -0.05) is 6.42 Å². The summed E-state index contributed by atoms with van der Waals surface area (Å²) in [7, 11) is 0. The molecule has 21 heavy (non-hydrogen) atoms. The minimum atomic E-state index is 0.298. The number of hydrogen-bond acceptors (Lipinski definition) is 3. The summed E-state index contributed by atoms with van der Waals surface area (Å²) in [5.74, 6) is 0.673. The average Bonchev–Trinajstić information content (AvgIpc) is 3.06. The first kappa shape index (κ1) is 13.3. The minimum Gasteiger partial charge on any atom is -0.334 e. The maximum absolute atomic E-state index is 12.6. The Kier molecular flexibility index (Phi) is 3.45. The van der Waals surface area contributed by atoms with E-state index >= 15 is 0 Å². The van der Waals surface area contributed by atoms with E-state index in [0.29, 0.717) is 17.9 Å². The molecule has 3 heterocycles. The van der Waals surface area contributed by atoms with Crippen molar-refractivity contribution >= 4 is 5.91 Å². The van der Waals surface area contributed by atoms with Gasteiger partial charge in [-0.05, 0) is 38.8 Å². The molecule has 2 aliphatic heterocycles. The second-order valence-corrected chi connectivity index (χ2v) is 6.80. The lowest BCUT2D eigenvalue weighted by molar-refractivity contribution is -0.140. The Bertz CT molecular complexity index is 516. The second kappa shape index (κ2) is 5.44. The van der Waals surface area contributed by atoms with Gasteiger partial charge < -0.3 is 14.4 Å². The number of rotatable bonds is 3. The van der Waals surface area contributed by atoms with Crippen molar-refractivity contribution in [2.75, 3.05) is 26.2 Å². The molecule has 4 rings (SSSR count). The maximum atomic E-state index is 12.6. The molecule has 5 heteroatoms. The van der Waals surface area contributed by atoms with Gasteiger partial charge in [0.05, 0.1) is 24.6 Å². The molecule has 5 nitrogen and oxygen atoms in total. The number of aromatic nitrogens is 2. The van der Waals surface area contributed by atoms with Gasteiger partial charge in [0, 0.05) is 25.2 Å². The fourth-order valence-corrected chi connectivity index (χ4v) is 3.88. The third-order valence-electron chi connectivity index (χ3n) is 5.36. The first-order valence-corrected chi connectivity index (χ1v) is 8.33. The van der Waals surface area contributed by atoms with Crippen molar-refractivity contribution in [1.82, 2.24) is 19.4 Å². The maximum Gasteiger partial charge on any atom is 0.226 e. The van der Waals surface area contributed by atoms with Crippen LogP contribution in [0.15, 0.2) is 12.5 Å². The molecule has 0 radical (unpaired) electrons. The van der Waals surface area contributed by atoms with Crippen LogP contribution < -0.4 is 0 Å². The van der Waals surface area contributed by atoms with E-state index < -0.39 is 0 Å². The quantitative estimate of drug-likeness (QED) is 0.849. The third-order valence-corrected chi connectivity index (χ3v) is 5.36. The summed E-state index contributed by atoms with van der Waals surface area (Å²) < 4.78 is 2.29. The molecule has 0 aromatic carbocycles. The van der Waals surface area contributed by atoms with Gasteiger partial charge >= 0.3 is 0 Å². The van der Waals surface area contributed by atoms with E-state index in [4.69, 9.17) is 0 Å². The fraction of sp³-hybridized carbons (Fsp3) is 0.750. The zero-order valence-corrected chi connectivity index (χ0v) is 12.6. The van der Waals surface area contributed by atoms with Crippen LogP contribution in [0.2, 0.25) is 0 Å². The lowest BCUT2D eigenvalue weighted by Crippen LogP contribution is -2.47. The van der Waals surface area contributed by atoms with E-state index in [1.54, 1.807) is 0 Å². The summed E-state index contributed by atoms with van der Waals surface area (Å²) in [6.45, 7) is 5.06. The van der Waals surface area contributed by atoms with Gasteiger partial charge in [-0.15, -0.1) is 0 Å². The van der Waals surface area contributed by atoms with E-state index in [1.807, 2.05) is 12.5 Å². The zero-order valence-electron chi connectivity index (χ0n) is 12.6. The molecule has 1 aliphatic carbocycles. The van der Waals surface area contributed by atoms with Crippen molar-refractivity contribution in [3.05, 3.63) is 18.2 Å². The Morgan fingerprint density at radius 3 is 2.76 bits per heavy atom. The Morgan fingerprint density at radius 2 is 2.05 bits per heavy atom. The van der Waals surface area contributed by atoms with Gasteiger partial charge in [0.2, 0.25) is 5.91 Å². The SMILES string of the molecule is O=C(C1CCC1)N1Cc2cncn2[C@@H](CN2CCCC2)C1. The van der Waals surface area contributed by atoms with E-state index in [2.05, 4.69) is 19.4 Å². The average molecular weight is 288 g/mol. The van der Waals surface area contributed by atoms with E-state index in [9.17, 15) is 4.79 Å². The number of fused-ring (bicyclic) bond motifs is 1. The molecular weight excluding hydrogens is 264 g/mol. The van der Waals surface area contributed by atoms with Gasteiger partial charge in [0.25, 0.3) is 0 Å². The summed E-state index contributed by atoms with van der Waals surface area (Å²) in [5, 5.41) is 0. The number of hydrogen-bond donors (Lipinski definition) is 0. The first-order chi connectivity index (χ1) is 10.3. The number of carbonyl (C=O) groups excluding carboxylic acids is 1. The highest BCUT2D eigenvalue weighted by Gasteiger charge is 2.34. The van der Waals surface area contributed by atoms with Crippen LogP contribution in [0.25, 0.3) is 0 Å². The van der Waals surface area contributed by atoms with Gasteiger partial charge in [0.15, 0.2) is 0 Å². The smallest absolute Gasteiger partial charge is 0.226 e. The summed E-state index contributed by atoms with van der Waals surface area (Å²) in [5.41, 5.74) is 1.19. The van der Waals surface area contributed by atoms with E-state index in [0.717, 1.165) is 32.5 Å². The van der Waals surface area contributed by atoms with Crippen molar-refractivity contribution in [3.8, 4) is 0 Å². The summed E-state index contributed by atoms with van der Waals surface area (Å²) in [4.78, 5) is 21.5. The highest BCUT2D eigenvalue weighted by atomic mass is 16.2. The number of likely N-dealkylation sites (tertiary alicyclic amines) is 1. The molecule has 0 bridgehead atoms. The molecule has 1 aromatic heterocycles. The van der Waals surface area contributed by atoms with E-state index in [1.165, 1.54) is 38.0 Å². The lowest BCUT2D eigenvalue weighted by atomic mass is 9.84. The van der Waals surface area contributed by atoms with Crippen LogP contribution in [0.4, 0.5) is 0 Å². The van der Waals surface area contributed by atoms with Gasteiger partial charge in [-0.2, -0.15) is 0 Å².